The van der Waals surface area contributed by atoms with Gasteiger partial charge in [-0.1, -0.05) is 6.07 Å². The topological polar surface area (TPSA) is 82.8 Å². The standard InChI is InChI=1S/C18H16O6S/c1-11-4-9-14-15(10-11)23-17(12-5-7-13(22-2)8-6-12)18(16(14)19)24-25(3,20)21/h4-10H,1-3H3. The fourth-order valence-corrected chi connectivity index (χ4v) is 2.90. The van der Waals surface area contributed by atoms with Crippen molar-refractivity contribution >= 4 is 21.1 Å². The summed E-state index contributed by atoms with van der Waals surface area (Å²) in [6.07, 6.45) is 0.879. The summed E-state index contributed by atoms with van der Waals surface area (Å²) in [6, 6.07) is 11.7. The average Bonchev–Trinajstić information content (AvgIpc) is 2.56. The first-order valence-electron chi connectivity index (χ1n) is 7.40. The van der Waals surface area contributed by atoms with Gasteiger partial charge in [-0.2, -0.15) is 8.42 Å². The number of hydrogen-bond donors (Lipinski definition) is 0. The number of ether oxygens (including phenoxy) is 1. The third kappa shape index (κ3) is 3.51. The number of hydrogen-bond acceptors (Lipinski definition) is 6. The molecule has 0 saturated heterocycles. The Morgan fingerprint density at radius 2 is 1.72 bits per heavy atom. The monoisotopic (exact) mass is 360 g/mol. The van der Waals surface area contributed by atoms with E-state index >= 15 is 0 Å². The van der Waals surface area contributed by atoms with Gasteiger partial charge in [0, 0.05) is 5.56 Å². The van der Waals surface area contributed by atoms with Crippen molar-refractivity contribution in [2.45, 2.75) is 6.92 Å². The average molecular weight is 360 g/mol. The van der Waals surface area contributed by atoms with Crippen LogP contribution in [0, 0.1) is 6.92 Å². The van der Waals surface area contributed by atoms with Crippen LogP contribution in [-0.4, -0.2) is 21.8 Å². The van der Waals surface area contributed by atoms with E-state index in [1.165, 1.54) is 7.11 Å². The summed E-state index contributed by atoms with van der Waals surface area (Å²) in [4.78, 5) is 12.8. The molecule has 0 fully saturated rings. The second-order valence-corrected chi connectivity index (χ2v) is 7.18. The van der Waals surface area contributed by atoms with Crippen LogP contribution in [0.2, 0.25) is 0 Å². The highest BCUT2D eigenvalue weighted by molar-refractivity contribution is 7.86. The number of benzene rings is 2. The smallest absolute Gasteiger partial charge is 0.306 e. The Bertz CT molecular complexity index is 1090. The molecule has 1 aromatic heterocycles. The summed E-state index contributed by atoms with van der Waals surface area (Å²) in [5.74, 6) is 0.313. The fourth-order valence-electron chi connectivity index (χ4n) is 2.44. The molecule has 7 heteroatoms. The van der Waals surface area contributed by atoms with E-state index in [-0.39, 0.29) is 16.9 Å². The maximum Gasteiger partial charge on any atom is 0.306 e. The minimum Gasteiger partial charge on any atom is -0.497 e. The van der Waals surface area contributed by atoms with E-state index in [1.54, 1.807) is 42.5 Å². The summed E-state index contributed by atoms with van der Waals surface area (Å²) in [5, 5.41) is 0.251. The van der Waals surface area contributed by atoms with Crippen molar-refractivity contribution in [1.82, 2.24) is 0 Å². The first kappa shape index (κ1) is 17.0. The first-order valence-corrected chi connectivity index (χ1v) is 9.21. The maximum absolute atomic E-state index is 12.8. The Morgan fingerprint density at radius 3 is 2.32 bits per heavy atom. The lowest BCUT2D eigenvalue weighted by atomic mass is 10.1. The predicted molar refractivity (Wildman–Crippen MR) is 94.7 cm³/mol. The van der Waals surface area contributed by atoms with Crippen LogP contribution < -0.4 is 14.3 Å². The molecule has 1 heterocycles. The molecule has 6 nitrogen and oxygen atoms in total. The molecular weight excluding hydrogens is 344 g/mol. The van der Waals surface area contributed by atoms with Crippen LogP contribution in [0.4, 0.5) is 0 Å². The van der Waals surface area contributed by atoms with Crippen molar-refractivity contribution in [3.8, 4) is 22.8 Å². The zero-order valence-electron chi connectivity index (χ0n) is 13.9. The summed E-state index contributed by atoms with van der Waals surface area (Å²) < 4.78 is 39.1. The van der Waals surface area contributed by atoms with Gasteiger partial charge in [-0.3, -0.25) is 4.79 Å². The van der Waals surface area contributed by atoms with Gasteiger partial charge < -0.3 is 13.3 Å². The van der Waals surface area contributed by atoms with Gasteiger partial charge >= 0.3 is 10.1 Å². The molecular formula is C18H16O6S. The molecule has 0 bridgehead atoms. The van der Waals surface area contributed by atoms with Crippen LogP contribution in [0.1, 0.15) is 5.56 Å². The third-order valence-electron chi connectivity index (χ3n) is 3.59. The summed E-state index contributed by atoms with van der Waals surface area (Å²) in [5.41, 5.74) is 1.22. The lowest BCUT2D eigenvalue weighted by Gasteiger charge is -2.11. The zero-order chi connectivity index (χ0) is 18.2. The van der Waals surface area contributed by atoms with Gasteiger partial charge in [-0.05, 0) is 48.9 Å². The minimum atomic E-state index is -3.90. The van der Waals surface area contributed by atoms with Crippen LogP contribution >= 0.6 is 0 Å². The highest BCUT2D eigenvalue weighted by Gasteiger charge is 2.21. The van der Waals surface area contributed by atoms with Crippen molar-refractivity contribution < 1.29 is 21.8 Å². The second-order valence-electron chi connectivity index (χ2n) is 5.61. The van der Waals surface area contributed by atoms with E-state index in [0.717, 1.165) is 11.8 Å². The Balaban J connectivity index is 2.33. The summed E-state index contributed by atoms with van der Waals surface area (Å²) in [7, 11) is -2.37. The zero-order valence-corrected chi connectivity index (χ0v) is 14.7. The molecule has 0 aliphatic carbocycles. The first-order chi connectivity index (χ1) is 11.8. The van der Waals surface area contributed by atoms with E-state index in [2.05, 4.69) is 0 Å². The van der Waals surface area contributed by atoms with Crippen molar-refractivity contribution in [2.75, 3.05) is 13.4 Å². The summed E-state index contributed by atoms with van der Waals surface area (Å²) >= 11 is 0. The molecule has 0 atom stereocenters. The van der Waals surface area contributed by atoms with Crippen LogP contribution in [0.25, 0.3) is 22.3 Å². The van der Waals surface area contributed by atoms with Gasteiger partial charge in [0.15, 0.2) is 5.76 Å². The van der Waals surface area contributed by atoms with Crippen molar-refractivity contribution in [3.63, 3.8) is 0 Å². The van der Waals surface area contributed by atoms with Gasteiger partial charge in [-0.25, -0.2) is 0 Å². The van der Waals surface area contributed by atoms with Gasteiger partial charge in [-0.15, -0.1) is 0 Å². The second kappa shape index (κ2) is 6.25. The molecule has 25 heavy (non-hydrogen) atoms. The molecule has 130 valence electrons. The molecule has 3 rings (SSSR count). The lowest BCUT2D eigenvalue weighted by molar-refractivity contribution is 0.415. The fraction of sp³-hybridized carbons (Fsp3) is 0.167. The SMILES string of the molecule is COc1ccc(-c2oc3cc(C)ccc3c(=O)c2OS(C)(=O)=O)cc1. The molecule has 0 spiro atoms. The van der Waals surface area contributed by atoms with Gasteiger partial charge in [0.1, 0.15) is 11.3 Å². The highest BCUT2D eigenvalue weighted by Crippen LogP contribution is 2.32. The quantitative estimate of drug-likeness (QED) is 0.665. The van der Waals surface area contributed by atoms with Crippen LogP contribution in [0.3, 0.4) is 0 Å². The molecule has 0 amide bonds. The lowest BCUT2D eigenvalue weighted by Crippen LogP contribution is -2.15. The summed E-state index contributed by atoms with van der Waals surface area (Å²) in [6.45, 7) is 1.87. The predicted octanol–water partition coefficient (Wildman–Crippen LogP) is 3.12. The van der Waals surface area contributed by atoms with Gasteiger partial charge in [0.05, 0.1) is 18.8 Å². The van der Waals surface area contributed by atoms with Crippen LogP contribution in [0.15, 0.2) is 51.7 Å². The Kier molecular flexibility index (Phi) is 4.26. The van der Waals surface area contributed by atoms with Gasteiger partial charge in [0.2, 0.25) is 11.2 Å². The van der Waals surface area contributed by atoms with Crippen molar-refractivity contribution in [1.29, 1.82) is 0 Å². The van der Waals surface area contributed by atoms with Gasteiger partial charge in [0.25, 0.3) is 0 Å². The number of methoxy groups -OCH3 is 1. The largest absolute Gasteiger partial charge is 0.497 e. The van der Waals surface area contributed by atoms with E-state index in [4.69, 9.17) is 13.3 Å². The third-order valence-corrected chi connectivity index (χ3v) is 4.06. The van der Waals surface area contributed by atoms with Crippen molar-refractivity contribution in [2.24, 2.45) is 0 Å². The molecule has 0 aliphatic rings. The van der Waals surface area contributed by atoms with E-state index < -0.39 is 15.5 Å². The highest BCUT2D eigenvalue weighted by atomic mass is 32.2. The minimum absolute atomic E-state index is 0.0520. The number of fused-ring (bicyclic) bond motifs is 1. The molecule has 0 N–H and O–H groups in total. The maximum atomic E-state index is 12.8. The molecule has 0 unspecified atom stereocenters. The Morgan fingerprint density at radius 1 is 1.04 bits per heavy atom. The molecule has 2 aromatic carbocycles. The Labute approximate surface area is 144 Å². The molecule has 3 aromatic rings. The van der Waals surface area contributed by atoms with Crippen LogP contribution in [0.5, 0.6) is 11.5 Å². The Hall–Kier alpha value is -2.80. The number of aryl methyl sites for hydroxylation is 1. The molecule has 0 saturated carbocycles. The molecule has 0 radical (unpaired) electrons. The van der Waals surface area contributed by atoms with Crippen molar-refractivity contribution in [3.05, 3.63) is 58.3 Å². The van der Waals surface area contributed by atoms with E-state index in [9.17, 15) is 13.2 Å². The normalized spacial score (nSPS) is 11.5. The van der Waals surface area contributed by atoms with E-state index in [0.29, 0.717) is 16.9 Å². The number of rotatable bonds is 4. The van der Waals surface area contributed by atoms with E-state index in [1.807, 2.05) is 6.92 Å². The molecule has 0 aliphatic heterocycles. The van der Waals surface area contributed by atoms with Crippen LogP contribution in [-0.2, 0) is 10.1 Å².